The first-order chi connectivity index (χ1) is 11.1. The highest BCUT2D eigenvalue weighted by Crippen LogP contribution is 2.25. The molecule has 1 aromatic heterocycles. The van der Waals surface area contributed by atoms with Gasteiger partial charge < -0.3 is 14.9 Å². The van der Waals surface area contributed by atoms with Gasteiger partial charge in [-0.1, -0.05) is 28.9 Å². The van der Waals surface area contributed by atoms with Crippen molar-refractivity contribution in [3.05, 3.63) is 56.2 Å². The minimum Gasteiger partial charge on any atom is -0.480 e. The molecule has 120 valence electrons. The number of aromatic nitrogens is 1. The summed E-state index contributed by atoms with van der Waals surface area (Å²) in [7, 11) is 1.60. The van der Waals surface area contributed by atoms with Crippen molar-refractivity contribution in [2.24, 2.45) is 5.16 Å². The van der Waals surface area contributed by atoms with E-state index in [1.54, 1.807) is 7.11 Å². The molecule has 0 spiro atoms. The number of methoxy groups -OCH3 is 1. The summed E-state index contributed by atoms with van der Waals surface area (Å²) in [5.41, 5.74) is 1.75. The van der Waals surface area contributed by atoms with Gasteiger partial charge in [-0.25, -0.2) is 4.98 Å². The predicted molar refractivity (Wildman–Crippen MR) is 97.9 cm³/mol. The number of benzene rings is 1. The van der Waals surface area contributed by atoms with Crippen LogP contribution in [0.25, 0.3) is 0 Å². The van der Waals surface area contributed by atoms with Crippen LogP contribution in [-0.2, 0) is 4.84 Å². The van der Waals surface area contributed by atoms with Crippen LogP contribution in [0.15, 0.2) is 41.6 Å². The normalized spacial score (nSPS) is 20.3. The molecule has 23 heavy (non-hydrogen) atoms. The topological polar surface area (TPSA) is 55.7 Å². The smallest absolute Gasteiger partial charge is 0.227 e. The van der Waals surface area contributed by atoms with Crippen LogP contribution in [0.1, 0.15) is 24.2 Å². The number of rotatable bonds is 3. The Morgan fingerprint density at radius 2 is 1.96 bits per heavy atom. The molecule has 5 nitrogen and oxygen atoms in total. The highest BCUT2D eigenvalue weighted by atomic mass is 127. The van der Waals surface area contributed by atoms with E-state index in [0.717, 1.165) is 9.13 Å². The predicted octanol–water partition coefficient (Wildman–Crippen LogP) is 3.76. The summed E-state index contributed by atoms with van der Waals surface area (Å²) >= 11 is 8.14. The molecular formula is C16H15ClIN3O2. The van der Waals surface area contributed by atoms with Crippen LogP contribution in [0.3, 0.4) is 0 Å². The molecule has 0 bridgehead atoms. The number of nitrogens with one attached hydrogen (secondary N) is 1. The van der Waals surface area contributed by atoms with Gasteiger partial charge in [0, 0.05) is 5.02 Å². The zero-order valence-corrected chi connectivity index (χ0v) is 15.5. The maximum absolute atomic E-state index is 5.96. The van der Waals surface area contributed by atoms with Gasteiger partial charge in [-0.2, -0.15) is 0 Å². The summed E-state index contributed by atoms with van der Waals surface area (Å²) in [6.45, 7) is 1.97. The average molecular weight is 444 g/mol. The lowest BCUT2D eigenvalue weighted by Gasteiger charge is -2.29. The highest BCUT2D eigenvalue weighted by Gasteiger charge is 2.27. The van der Waals surface area contributed by atoms with Gasteiger partial charge >= 0.3 is 0 Å². The van der Waals surface area contributed by atoms with E-state index in [-0.39, 0.29) is 12.1 Å². The zero-order valence-electron chi connectivity index (χ0n) is 12.6. The van der Waals surface area contributed by atoms with E-state index in [1.165, 1.54) is 0 Å². The van der Waals surface area contributed by atoms with E-state index in [2.05, 4.69) is 38.0 Å². The maximum atomic E-state index is 5.96. The average Bonchev–Trinajstić information content (AvgIpc) is 2.57. The SMILES string of the molecule is COc1nc(C2=NOC(C)C(c3ccc(Cl)cc3)N2)ccc1I. The monoisotopic (exact) mass is 443 g/mol. The van der Waals surface area contributed by atoms with E-state index >= 15 is 0 Å². The number of hydrogen-bond acceptors (Lipinski definition) is 5. The fraction of sp³-hybridized carbons (Fsp3) is 0.250. The molecule has 0 fully saturated rings. The quantitative estimate of drug-likeness (QED) is 0.734. The second-order valence-corrected chi connectivity index (χ2v) is 6.71. The zero-order chi connectivity index (χ0) is 16.4. The van der Waals surface area contributed by atoms with Crippen LogP contribution in [0.5, 0.6) is 5.88 Å². The van der Waals surface area contributed by atoms with Crippen molar-refractivity contribution in [2.45, 2.75) is 19.1 Å². The maximum Gasteiger partial charge on any atom is 0.227 e. The van der Waals surface area contributed by atoms with Gasteiger partial charge in [-0.15, -0.1) is 0 Å². The Labute approximate surface area is 153 Å². The van der Waals surface area contributed by atoms with Gasteiger partial charge in [0.05, 0.1) is 16.7 Å². The minimum absolute atomic E-state index is 0.0353. The van der Waals surface area contributed by atoms with Crippen LogP contribution in [0.2, 0.25) is 5.02 Å². The van der Waals surface area contributed by atoms with Crippen molar-refractivity contribution in [3.63, 3.8) is 0 Å². The molecule has 1 N–H and O–H groups in total. The van der Waals surface area contributed by atoms with Crippen molar-refractivity contribution in [3.8, 4) is 5.88 Å². The van der Waals surface area contributed by atoms with Crippen molar-refractivity contribution < 1.29 is 9.57 Å². The number of ether oxygens (including phenoxy) is 1. The molecule has 0 aliphatic carbocycles. The number of amidine groups is 1. The van der Waals surface area contributed by atoms with Gasteiger partial charge in [-0.3, -0.25) is 0 Å². The lowest BCUT2D eigenvalue weighted by molar-refractivity contribution is 0.0342. The van der Waals surface area contributed by atoms with Crippen LogP contribution < -0.4 is 10.1 Å². The summed E-state index contributed by atoms with van der Waals surface area (Å²) in [5, 5.41) is 8.23. The molecule has 1 aromatic carbocycles. The fourth-order valence-electron chi connectivity index (χ4n) is 2.33. The lowest BCUT2D eigenvalue weighted by Crippen LogP contribution is -2.40. The second-order valence-electron chi connectivity index (χ2n) is 5.11. The Bertz CT molecular complexity index is 737. The van der Waals surface area contributed by atoms with Crippen LogP contribution in [0, 0.1) is 3.57 Å². The summed E-state index contributed by atoms with van der Waals surface area (Å²) in [4.78, 5) is 10.0. The molecule has 2 unspecified atom stereocenters. The third-order valence-corrected chi connectivity index (χ3v) is 4.62. The molecule has 7 heteroatoms. The first kappa shape index (κ1) is 16.3. The fourth-order valence-corrected chi connectivity index (χ4v) is 2.98. The van der Waals surface area contributed by atoms with Crippen molar-refractivity contribution in [2.75, 3.05) is 7.11 Å². The molecule has 0 saturated carbocycles. The van der Waals surface area contributed by atoms with Gasteiger partial charge in [0.1, 0.15) is 11.8 Å². The number of oxime groups is 1. The van der Waals surface area contributed by atoms with Crippen molar-refractivity contribution in [1.29, 1.82) is 0 Å². The van der Waals surface area contributed by atoms with Gasteiger partial charge in [0.2, 0.25) is 5.88 Å². The largest absolute Gasteiger partial charge is 0.480 e. The third kappa shape index (κ3) is 3.53. The highest BCUT2D eigenvalue weighted by molar-refractivity contribution is 14.1. The van der Waals surface area contributed by atoms with E-state index in [9.17, 15) is 0 Å². The van der Waals surface area contributed by atoms with Gasteiger partial charge in [0.15, 0.2) is 5.84 Å². The molecule has 0 saturated heterocycles. The first-order valence-electron chi connectivity index (χ1n) is 7.05. The van der Waals surface area contributed by atoms with E-state index in [4.69, 9.17) is 21.2 Å². The van der Waals surface area contributed by atoms with Crippen molar-refractivity contribution in [1.82, 2.24) is 10.3 Å². The Kier molecular flexibility index (Phi) is 4.91. The lowest BCUT2D eigenvalue weighted by atomic mass is 10.0. The van der Waals surface area contributed by atoms with Crippen molar-refractivity contribution >= 4 is 40.0 Å². The molecule has 0 radical (unpaired) electrons. The Morgan fingerprint density at radius 3 is 2.65 bits per heavy atom. The molecular weight excluding hydrogens is 429 g/mol. The molecule has 1 aliphatic heterocycles. The number of nitrogens with zero attached hydrogens (tertiary/aromatic N) is 2. The van der Waals surface area contributed by atoms with Gasteiger partial charge in [0.25, 0.3) is 0 Å². The third-order valence-electron chi connectivity index (χ3n) is 3.55. The Morgan fingerprint density at radius 1 is 1.22 bits per heavy atom. The molecule has 1 aliphatic rings. The van der Waals surface area contributed by atoms with E-state index in [1.807, 2.05) is 43.3 Å². The number of halogens is 2. The molecule has 2 aromatic rings. The minimum atomic E-state index is -0.106. The summed E-state index contributed by atoms with van der Waals surface area (Å²) in [5.74, 6) is 1.15. The van der Waals surface area contributed by atoms with Crippen LogP contribution in [-0.4, -0.2) is 24.0 Å². The molecule has 2 atom stereocenters. The van der Waals surface area contributed by atoms with E-state index in [0.29, 0.717) is 22.4 Å². The van der Waals surface area contributed by atoms with Crippen LogP contribution in [0.4, 0.5) is 0 Å². The summed E-state index contributed by atoms with van der Waals surface area (Å²) < 4.78 is 6.20. The molecule has 0 amide bonds. The number of pyridine rings is 1. The summed E-state index contributed by atoms with van der Waals surface area (Å²) in [6.07, 6.45) is -0.106. The van der Waals surface area contributed by atoms with E-state index < -0.39 is 0 Å². The van der Waals surface area contributed by atoms with Gasteiger partial charge in [-0.05, 0) is 59.3 Å². The Balaban J connectivity index is 1.89. The second kappa shape index (κ2) is 6.92. The first-order valence-corrected chi connectivity index (χ1v) is 8.51. The van der Waals surface area contributed by atoms with Crippen LogP contribution >= 0.6 is 34.2 Å². The summed E-state index contributed by atoms with van der Waals surface area (Å²) in [6, 6.07) is 11.5. The number of hydrogen-bond donors (Lipinski definition) is 1. The molecule has 3 rings (SSSR count). The standard InChI is InChI=1S/C16H15ClIN3O2/c1-9-14(10-3-5-11(17)6-4-10)20-15(21-23-9)13-8-7-12(18)16(19-13)22-2/h3-9,14H,1-2H3,(H,20,21). The molecule has 2 heterocycles. The Hall–Kier alpha value is -1.54.